The molecule has 0 spiro atoms. The normalized spacial score (nSPS) is 16.5. The maximum atomic E-state index is 12.0. The smallest absolute Gasteiger partial charge is 0.336 e. The third kappa shape index (κ3) is 5.68. The Morgan fingerprint density at radius 1 is 1.18 bits per heavy atom. The summed E-state index contributed by atoms with van der Waals surface area (Å²) in [7, 11) is -3.67. The summed E-state index contributed by atoms with van der Waals surface area (Å²) in [6.07, 6.45) is 5.18. The zero-order valence-corrected chi connectivity index (χ0v) is 14.7. The Balaban J connectivity index is 0.00000242. The fraction of sp³-hybridized carbons (Fsp3) is 0.625. The van der Waals surface area contributed by atoms with Gasteiger partial charge in [-0.05, 0) is 29.9 Å². The Labute approximate surface area is 134 Å². The van der Waals surface area contributed by atoms with Gasteiger partial charge in [0.1, 0.15) is 0 Å². The van der Waals surface area contributed by atoms with Crippen LogP contribution in [0.5, 0.6) is 0 Å². The van der Waals surface area contributed by atoms with Gasteiger partial charge in [0.2, 0.25) is 0 Å². The van der Waals surface area contributed by atoms with Gasteiger partial charge in [-0.3, -0.25) is 4.18 Å². The fourth-order valence-corrected chi connectivity index (χ4v) is 3.82. The maximum absolute atomic E-state index is 12.0. The molecule has 5 nitrogen and oxygen atoms in total. The summed E-state index contributed by atoms with van der Waals surface area (Å²) in [6, 6.07) is 7.85. The zero-order valence-electron chi connectivity index (χ0n) is 13.8. The molecule has 22 heavy (non-hydrogen) atoms. The molecule has 1 saturated carbocycles. The molecular weight excluding hydrogens is 300 g/mol. The van der Waals surface area contributed by atoms with Crippen LogP contribution in [0.1, 0.15) is 63.0 Å². The van der Waals surface area contributed by atoms with Crippen molar-refractivity contribution in [3.8, 4) is 0 Å². The summed E-state index contributed by atoms with van der Waals surface area (Å²) in [5.74, 6) is 0.346. The summed E-state index contributed by atoms with van der Waals surface area (Å²) >= 11 is 0. The second-order valence-corrected chi connectivity index (χ2v) is 7.40. The van der Waals surface area contributed by atoms with Gasteiger partial charge in [-0.25, -0.2) is 0 Å². The molecule has 0 unspecified atom stereocenters. The molecule has 0 aliphatic heterocycles. The largest absolute Gasteiger partial charge is 0.369 e. The lowest BCUT2D eigenvalue weighted by molar-refractivity contribution is 0.289. The summed E-state index contributed by atoms with van der Waals surface area (Å²) in [5, 5.41) is 0. The van der Waals surface area contributed by atoms with Crippen LogP contribution in [0.15, 0.2) is 24.3 Å². The average molecular weight is 329 g/mol. The van der Waals surface area contributed by atoms with Crippen molar-refractivity contribution in [1.29, 1.82) is 0 Å². The number of rotatable bonds is 6. The first-order valence-corrected chi connectivity index (χ1v) is 9.13. The predicted molar refractivity (Wildman–Crippen MR) is 90.2 cm³/mol. The molecule has 1 aliphatic rings. The molecule has 0 bridgehead atoms. The number of hydrogen-bond acceptors (Lipinski definition) is 3. The Bertz CT molecular complexity index is 552. The third-order valence-corrected chi connectivity index (χ3v) is 5.01. The maximum Gasteiger partial charge on any atom is 0.336 e. The Hall–Kier alpha value is -0.950. The monoisotopic (exact) mass is 329 g/mol. The van der Waals surface area contributed by atoms with Crippen LogP contribution in [0.3, 0.4) is 0 Å². The lowest BCUT2D eigenvalue weighted by atomic mass is 9.96. The molecule has 2 rings (SSSR count). The second-order valence-electron chi connectivity index (χ2n) is 6.02. The zero-order chi connectivity index (χ0) is 15.3. The van der Waals surface area contributed by atoms with Crippen molar-refractivity contribution in [3.63, 3.8) is 0 Å². The summed E-state index contributed by atoms with van der Waals surface area (Å²) in [4.78, 5) is 0. The third-order valence-electron chi connectivity index (χ3n) is 3.96. The van der Waals surface area contributed by atoms with E-state index in [0.29, 0.717) is 5.92 Å². The van der Waals surface area contributed by atoms with E-state index in [-0.39, 0.29) is 18.8 Å². The predicted octanol–water partition coefficient (Wildman–Crippen LogP) is 3.87. The lowest BCUT2D eigenvalue weighted by Crippen LogP contribution is -2.37. The molecule has 1 aromatic rings. The van der Waals surface area contributed by atoms with Crippen molar-refractivity contribution in [1.82, 2.24) is 10.9 Å². The standard InChI is InChI=1S/C16H25NO3S.H3N/c1-13(2)16-11-7-6-8-14(16)12-20-21(18,19)17-15-9-4-3-5-10-15;/h6-8,11,13,15,17H,3-5,9-10,12H2,1-2H3;1H3/p+1. The van der Waals surface area contributed by atoms with Crippen molar-refractivity contribution in [2.24, 2.45) is 0 Å². The molecule has 1 aliphatic carbocycles. The molecule has 5 N–H and O–H groups in total. The van der Waals surface area contributed by atoms with Crippen molar-refractivity contribution in [3.05, 3.63) is 35.4 Å². The fourth-order valence-electron chi connectivity index (χ4n) is 2.83. The molecule has 6 heteroatoms. The minimum Gasteiger partial charge on any atom is -0.369 e. The highest BCUT2D eigenvalue weighted by Gasteiger charge is 2.21. The van der Waals surface area contributed by atoms with Gasteiger partial charge < -0.3 is 6.15 Å². The van der Waals surface area contributed by atoms with E-state index in [1.807, 2.05) is 24.3 Å². The van der Waals surface area contributed by atoms with Gasteiger partial charge >= 0.3 is 10.3 Å². The van der Waals surface area contributed by atoms with Crippen molar-refractivity contribution in [2.75, 3.05) is 0 Å². The Kier molecular flexibility index (Phi) is 7.48. The van der Waals surface area contributed by atoms with E-state index < -0.39 is 10.3 Å². The molecule has 0 amide bonds. The van der Waals surface area contributed by atoms with E-state index in [4.69, 9.17) is 4.18 Å². The quantitative estimate of drug-likeness (QED) is 0.829. The molecule has 126 valence electrons. The van der Waals surface area contributed by atoms with Crippen molar-refractivity contribution in [2.45, 2.75) is 64.5 Å². The van der Waals surface area contributed by atoms with Gasteiger partial charge in [-0.1, -0.05) is 57.4 Å². The summed E-state index contributed by atoms with van der Waals surface area (Å²) < 4.78 is 31.9. The highest BCUT2D eigenvalue weighted by Crippen LogP contribution is 2.21. The van der Waals surface area contributed by atoms with Gasteiger partial charge in [0.05, 0.1) is 6.61 Å². The SMILES string of the molecule is CC(C)c1ccccc1COS(=O)(=O)NC1CCCCC1.[NH4+]. The van der Waals surface area contributed by atoms with Crippen LogP contribution in [0, 0.1) is 0 Å². The van der Waals surface area contributed by atoms with Gasteiger partial charge in [-0.2, -0.15) is 13.1 Å². The molecule has 0 radical (unpaired) electrons. The number of quaternary nitrogens is 1. The van der Waals surface area contributed by atoms with Crippen LogP contribution < -0.4 is 10.9 Å². The Morgan fingerprint density at radius 2 is 1.82 bits per heavy atom. The molecule has 1 fully saturated rings. The van der Waals surface area contributed by atoms with Crippen molar-refractivity contribution < 1.29 is 12.6 Å². The van der Waals surface area contributed by atoms with Crippen LogP contribution in [0.25, 0.3) is 0 Å². The molecule has 0 atom stereocenters. The van der Waals surface area contributed by atoms with E-state index in [1.165, 1.54) is 6.42 Å². The summed E-state index contributed by atoms with van der Waals surface area (Å²) in [6.45, 7) is 4.28. The van der Waals surface area contributed by atoms with E-state index in [1.54, 1.807) is 0 Å². The van der Waals surface area contributed by atoms with Gasteiger partial charge in [0.25, 0.3) is 0 Å². The molecule has 1 aromatic carbocycles. The average Bonchev–Trinajstić information content (AvgIpc) is 2.46. The first-order valence-electron chi connectivity index (χ1n) is 7.72. The van der Waals surface area contributed by atoms with Crippen LogP contribution in [-0.2, 0) is 21.1 Å². The van der Waals surface area contributed by atoms with Crippen LogP contribution in [0.2, 0.25) is 0 Å². The first kappa shape index (κ1) is 19.1. The van der Waals surface area contributed by atoms with Crippen LogP contribution >= 0.6 is 0 Å². The minimum absolute atomic E-state index is 0. The summed E-state index contributed by atoms with van der Waals surface area (Å²) in [5.41, 5.74) is 2.06. The van der Waals surface area contributed by atoms with Gasteiger partial charge in [0.15, 0.2) is 0 Å². The van der Waals surface area contributed by atoms with E-state index >= 15 is 0 Å². The van der Waals surface area contributed by atoms with Crippen molar-refractivity contribution >= 4 is 10.3 Å². The van der Waals surface area contributed by atoms with E-state index in [0.717, 1.165) is 36.8 Å². The highest BCUT2D eigenvalue weighted by molar-refractivity contribution is 7.84. The minimum atomic E-state index is -3.67. The molecule has 0 saturated heterocycles. The van der Waals surface area contributed by atoms with Gasteiger partial charge in [-0.15, -0.1) is 0 Å². The van der Waals surface area contributed by atoms with Crippen LogP contribution in [-0.4, -0.2) is 14.5 Å². The number of benzene rings is 1. The first-order chi connectivity index (χ1) is 9.98. The number of nitrogens with one attached hydrogen (secondary N) is 1. The lowest BCUT2D eigenvalue weighted by Gasteiger charge is -2.22. The molecular formula is C16H29N2O3S+. The van der Waals surface area contributed by atoms with E-state index in [9.17, 15) is 8.42 Å². The number of hydrogen-bond donors (Lipinski definition) is 2. The van der Waals surface area contributed by atoms with Gasteiger partial charge in [0, 0.05) is 6.04 Å². The Morgan fingerprint density at radius 3 is 2.45 bits per heavy atom. The molecule has 0 heterocycles. The van der Waals surface area contributed by atoms with Crippen LogP contribution in [0.4, 0.5) is 0 Å². The highest BCUT2D eigenvalue weighted by atomic mass is 32.2. The molecule has 0 aromatic heterocycles. The van der Waals surface area contributed by atoms with E-state index in [2.05, 4.69) is 18.6 Å². The topological polar surface area (TPSA) is 91.9 Å². The second kappa shape index (κ2) is 8.62.